The highest BCUT2D eigenvalue weighted by atomic mass is 16.6. The molecule has 0 aliphatic carbocycles. The fourth-order valence-corrected chi connectivity index (χ4v) is 2.40. The molecule has 12 nitrogen and oxygen atoms in total. The Morgan fingerprint density at radius 1 is 1.13 bits per heavy atom. The summed E-state index contributed by atoms with van der Waals surface area (Å²) in [5.74, 6) is 0.276. The summed E-state index contributed by atoms with van der Waals surface area (Å²) in [6.45, 7) is 0. The zero-order valence-corrected chi connectivity index (χ0v) is 15.3. The molecule has 0 spiro atoms. The van der Waals surface area contributed by atoms with Crippen LogP contribution in [0.4, 0.5) is 11.4 Å². The lowest BCUT2D eigenvalue weighted by atomic mass is 10.1. The van der Waals surface area contributed by atoms with Crippen LogP contribution in [0.3, 0.4) is 0 Å². The van der Waals surface area contributed by atoms with Crippen molar-refractivity contribution < 1.29 is 23.8 Å². The van der Waals surface area contributed by atoms with Crippen molar-refractivity contribution in [3.63, 3.8) is 0 Å². The largest absolute Gasteiger partial charge is 0.496 e. The molecule has 0 aliphatic heterocycles. The number of nitro benzene ring substituents is 1. The maximum Gasteiger partial charge on any atom is 0.289 e. The van der Waals surface area contributed by atoms with Gasteiger partial charge in [0.25, 0.3) is 17.3 Å². The molecule has 0 aliphatic rings. The fraction of sp³-hybridized carbons (Fsp3) is 0.0556. The van der Waals surface area contributed by atoms with Gasteiger partial charge in [0, 0.05) is 12.1 Å². The van der Waals surface area contributed by atoms with Crippen molar-refractivity contribution in [2.75, 3.05) is 7.11 Å². The van der Waals surface area contributed by atoms with E-state index in [2.05, 4.69) is 15.5 Å². The third-order valence-corrected chi connectivity index (χ3v) is 3.84. The summed E-state index contributed by atoms with van der Waals surface area (Å²) in [4.78, 5) is 36.0. The standard InChI is InChI=1S/C18H13N5O7/c1-29-17-8-11(22(25)26)2-5-14(17)16-7-4-13(30-16)10-20-21-18(24)15-6-3-12(9-19-15)23(27)28/h2-10H,1H3,(H,21,24)/b20-10-. The van der Waals surface area contributed by atoms with Gasteiger partial charge in [0.15, 0.2) is 0 Å². The number of hydrogen-bond donors (Lipinski definition) is 1. The Morgan fingerprint density at radius 2 is 1.87 bits per heavy atom. The van der Waals surface area contributed by atoms with Gasteiger partial charge < -0.3 is 9.15 Å². The van der Waals surface area contributed by atoms with E-state index in [0.29, 0.717) is 17.1 Å². The molecular formula is C18H13N5O7. The Balaban J connectivity index is 1.69. The van der Waals surface area contributed by atoms with Crippen LogP contribution >= 0.6 is 0 Å². The maximum atomic E-state index is 12.0. The lowest BCUT2D eigenvalue weighted by Crippen LogP contribution is -2.18. The van der Waals surface area contributed by atoms with Crippen LogP contribution < -0.4 is 10.2 Å². The number of benzene rings is 1. The van der Waals surface area contributed by atoms with E-state index in [4.69, 9.17) is 9.15 Å². The summed E-state index contributed by atoms with van der Waals surface area (Å²) in [5.41, 5.74) is 2.32. The molecule has 0 bridgehead atoms. The summed E-state index contributed by atoms with van der Waals surface area (Å²) in [7, 11) is 1.38. The van der Waals surface area contributed by atoms with Crippen LogP contribution in [-0.4, -0.2) is 34.1 Å². The van der Waals surface area contributed by atoms with Crippen LogP contribution in [0.1, 0.15) is 16.2 Å². The van der Waals surface area contributed by atoms with E-state index in [1.165, 1.54) is 37.6 Å². The highest BCUT2D eigenvalue weighted by Gasteiger charge is 2.15. The minimum atomic E-state index is -0.662. The minimum absolute atomic E-state index is 0.0477. The number of aromatic nitrogens is 1. The van der Waals surface area contributed by atoms with Crippen LogP contribution in [0, 0.1) is 20.2 Å². The average Bonchev–Trinajstić information content (AvgIpc) is 3.21. The molecule has 0 radical (unpaired) electrons. The first-order chi connectivity index (χ1) is 14.4. The first-order valence-corrected chi connectivity index (χ1v) is 8.25. The predicted molar refractivity (Wildman–Crippen MR) is 103 cm³/mol. The third kappa shape index (κ3) is 4.44. The molecule has 3 aromatic rings. The van der Waals surface area contributed by atoms with E-state index in [1.807, 2.05) is 0 Å². The molecule has 1 N–H and O–H groups in total. The lowest BCUT2D eigenvalue weighted by molar-refractivity contribution is -0.385. The number of hydrogen-bond acceptors (Lipinski definition) is 9. The van der Waals surface area contributed by atoms with Crippen LogP contribution in [-0.2, 0) is 0 Å². The Hall–Kier alpha value is -4.61. The molecular weight excluding hydrogens is 398 g/mol. The van der Waals surface area contributed by atoms with Gasteiger partial charge >= 0.3 is 0 Å². The number of carbonyl (C=O) groups is 1. The number of amides is 1. The molecule has 30 heavy (non-hydrogen) atoms. The Kier molecular flexibility index (Phi) is 5.77. The SMILES string of the molecule is COc1cc([N+](=O)[O-])ccc1-c1ccc(/C=N\NC(=O)c2ccc([N+](=O)[O-])cn2)o1. The number of pyridine rings is 1. The highest BCUT2D eigenvalue weighted by Crippen LogP contribution is 2.34. The van der Waals surface area contributed by atoms with Crippen molar-refractivity contribution in [1.82, 2.24) is 10.4 Å². The number of nitrogens with one attached hydrogen (secondary N) is 1. The molecule has 1 aromatic carbocycles. The number of non-ortho nitro benzene ring substituents is 1. The summed E-state index contributed by atoms with van der Waals surface area (Å²) >= 11 is 0. The van der Waals surface area contributed by atoms with Gasteiger partial charge in [-0.3, -0.25) is 25.0 Å². The monoisotopic (exact) mass is 411 g/mol. The summed E-state index contributed by atoms with van der Waals surface area (Å²) in [6, 6.07) is 9.66. The highest BCUT2D eigenvalue weighted by molar-refractivity contribution is 5.93. The molecule has 0 atom stereocenters. The molecule has 152 valence electrons. The van der Waals surface area contributed by atoms with E-state index >= 15 is 0 Å². The zero-order chi connectivity index (χ0) is 21.7. The van der Waals surface area contributed by atoms with Gasteiger partial charge in [-0.05, 0) is 24.3 Å². The molecule has 1 amide bonds. The van der Waals surface area contributed by atoms with Crippen molar-refractivity contribution in [3.8, 4) is 17.1 Å². The van der Waals surface area contributed by atoms with E-state index in [9.17, 15) is 25.0 Å². The van der Waals surface area contributed by atoms with Crippen molar-refractivity contribution in [3.05, 3.63) is 80.3 Å². The Morgan fingerprint density at radius 3 is 2.50 bits per heavy atom. The first kappa shape index (κ1) is 20.1. The van der Waals surface area contributed by atoms with Gasteiger partial charge in [0.1, 0.15) is 29.2 Å². The molecule has 0 saturated heterocycles. The Labute approximate surface area is 168 Å². The number of nitro groups is 2. The second-order valence-corrected chi connectivity index (χ2v) is 5.70. The van der Waals surface area contributed by atoms with Crippen molar-refractivity contribution >= 4 is 23.5 Å². The van der Waals surface area contributed by atoms with Crippen LogP contribution in [0.5, 0.6) is 5.75 Å². The van der Waals surface area contributed by atoms with E-state index in [-0.39, 0.29) is 22.8 Å². The lowest BCUT2D eigenvalue weighted by Gasteiger charge is -2.05. The molecule has 2 aromatic heterocycles. The smallest absolute Gasteiger partial charge is 0.289 e. The summed E-state index contributed by atoms with van der Waals surface area (Å²) in [6.07, 6.45) is 2.21. The molecule has 2 heterocycles. The summed E-state index contributed by atoms with van der Waals surface area (Å²) in [5, 5.41) is 25.2. The van der Waals surface area contributed by atoms with Gasteiger partial charge in [-0.15, -0.1) is 0 Å². The van der Waals surface area contributed by atoms with E-state index in [0.717, 1.165) is 12.3 Å². The number of hydrazone groups is 1. The van der Waals surface area contributed by atoms with Crippen molar-refractivity contribution in [1.29, 1.82) is 0 Å². The number of furan rings is 1. The fourth-order valence-electron chi connectivity index (χ4n) is 2.40. The van der Waals surface area contributed by atoms with Gasteiger partial charge in [-0.25, -0.2) is 10.4 Å². The second kappa shape index (κ2) is 8.60. The first-order valence-electron chi connectivity index (χ1n) is 8.25. The summed E-state index contributed by atoms with van der Waals surface area (Å²) < 4.78 is 10.8. The van der Waals surface area contributed by atoms with Gasteiger partial charge in [-0.1, -0.05) is 0 Å². The maximum absolute atomic E-state index is 12.0. The Bertz CT molecular complexity index is 1140. The minimum Gasteiger partial charge on any atom is -0.496 e. The number of methoxy groups -OCH3 is 1. The molecule has 3 rings (SSSR count). The molecule has 0 fully saturated rings. The van der Waals surface area contributed by atoms with Crippen molar-refractivity contribution in [2.24, 2.45) is 5.10 Å². The molecule has 0 unspecified atom stereocenters. The topological polar surface area (TPSA) is 163 Å². The quantitative estimate of drug-likeness (QED) is 0.352. The predicted octanol–water partition coefficient (Wildman–Crippen LogP) is 2.93. The van der Waals surface area contributed by atoms with E-state index in [1.54, 1.807) is 12.1 Å². The van der Waals surface area contributed by atoms with Gasteiger partial charge in [-0.2, -0.15) is 5.10 Å². The number of nitrogens with zero attached hydrogens (tertiary/aromatic N) is 4. The van der Waals surface area contributed by atoms with Crippen LogP contribution in [0.25, 0.3) is 11.3 Å². The number of ether oxygens (including phenoxy) is 1. The van der Waals surface area contributed by atoms with Crippen LogP contribution in [0.15, 0.2) is 58.2 Å². The van der Waals surface area contributed by atoms with Gasteiger partial charge in [0.05, 0.1) is 34.8 Å². The van der Waals surface area contributed by atoms with Gasteiger partial charge in [0.2, 0.25) is 0 Å². The molecule has 12 heteroatoms. The second-order valence-electron chi connectivity index (χ2n) is 5.70. The van der Waals surface area contributed by atoms with Crippen molar-refractivity contribution in [2.45, 2.75) is 0 Å². The number of rotatable bonds is 7. The average molecular weight is 411 g/mol. The zero-order valence-electron chi connectivity index (χ0n) is 15.3. The normalized spacial score (nSPS) is 10.7. The number of carbonyl (C=O) groups excluding carboxylic acids is 1. The third-order valence-electron chi connectivity index (χ3n) is 3.84. The van der Waals surface area contributed by atoms with Crippen LogP contribution in [0.2, 0.25) is 0 Å². The molecule has 0 saturated carbocycles. The van der Waals surface area contributed by atoms with E-state index < -0.39 is 15.8 Å².